The first-order chi connectivity index (χ1) is 8.13. The number of likely N-dealkylation sites (N-methyl/N-ethyl adjacent to an activating group) is 1. The standard InChI is InChI=1S/C12H22N4O/c1-5-13-11-9(3)12(15-10(4)14-11)16(6-2)7-8-17/h17H,5-8H2,1-4H3,(H,13,14,15). The second kappa shape index (κ2) is 6.39. The molecule has 1 rings (SSSR count). The highest BCUT2D eigenvalue weighted by molar-refractivity contribution is 5.58. The number of aliphatic hydroxyl groups excluding tert-OH is 1. The summed E-state index contributed by atoms with van der Waals surface area (Å²) in [5.41, 5.74) is 1.03. The molecule has 0 fully saturated rings. The minimum absolute atomic E-state index is 0.132. The Kier molecular flexibility index (Phi) is 5.15. The van der Waals surface area contributed by atoms with Gasteiger partial charge in [-0.15, -0.1) is 0 Å². The fourth-order valence-electron chi connectivity index (χ4n) is 1.80. The third kappa shape index (κ3) is 3.30. The highest BCUT2D eigenvalue weighted by atomic mass is 16.3. The molecule has 5 heteroatoms. The Hall–Kier alpha value is -1.36. The smallest absolute Gasteiger partial charge is 0.137 e. The molecule has 0 saturated carbocycles. The van der Waals surface area contributed by atoms with Gasteiger partial charge in [0.25, 0.3) is 0 Å². The predicted molar refractivity (Wildman–Crippen MR) is 70.6 cm³/mol. The largest absolute Gasteiger partial charge is 0.395 e. The van der Waals surface area contributed by atoms with E-state index >= 15 is 0 Å². The summed E-state index contributed by atoms with van der Waals surface area (Å²) in [7, 11) is 0. The molecule has 96 valence electrons. The number of aryl methyl sites for hydroxylation is 1. The molecule has 0 radical (unpaired) electrons. The van der Waals surface area contributed by atoms with Crippen molar-refractivity contribution in [1.82, 2.24) is 9.97 Å². The van der Waals surface area contributed by atoms with Crippen molar-refractivity contribution in [2.45, 2.75) is 27.7 Å². The third-order valence-electron chi connectivity index (χ3n) is 2.63. The van der Waals surface area contributed by atoms with Gasteiger partial charge < -0.3 is 15.3 Å². The summed E-state index contributed by atoms with van der Waals surface area (Å²) in [6.07, 6.45) is 0. The summed E-state index contributed by atoms with van der Waals surface area (Å²) < 4.78 is 0. The average molecular weight is 238 g/mol. The zero-order valence-corrected chi connectivity index (χ0v) is 11.1. The highest BCUT2D eigenvalue weighted by Crippen LogP contribution is 2.23. The lowest BCUT2D eigenvalue weighted by Crippen LogP contribution is -2.28. The maximum atomic E-state index is 9.06. The first-order valence-electron chi connectivity index (χ1n) is 6.08. The molecule has 0 amide bonds. The monoisotopic (exact) mass is 238 g/mol. The van der Waals surface area contributed by atoms with Crippen LogP contribution in [-0.2, 0) is 0 Å². The lowest BCUT2D eigenvalue weighted by Gasteiger charge is -2.24. The Balaban J connectivity index is 3.12. The normalized spacial score (nSPS) is 10.4. The average Bonchev–Trinajstić information content (AvgIpc) is 2.31. The van der Waals surface area contributed by atoms with Gasteiger partial charge >= 0.3 is 0 Å². The molecule has 0 spiro atoms. The predicted octanol–water partition coefficient (Wildman–Crippen LogP) is 1.34. The van der Waals surface area contributed by atoms with E-state index in [4.69, 9.17) is 5.11 Å². The van der Waals surface area contributed by atoms with Gasteiger partial charge in [0.1, 0.15) is 17.5 Å². The Labute approximate surface area is 103 Å². The number of rotatable bonds is 6. The molecule has 0 atom stereocenters. The fraction of sp³-hybridized carbons (Fsp3) is 0.667. The van der Waals surface area contributed by atoms with Crippen LogP contribution in [0.2, 0.25) is 0 Å². The number of nitrogens with one attached hydrogen (secondary N) is 1. The molecule has 1 heterocycles. The van der Waals surface area contributed by atoms with Gasteiger partial charge in [-0.2, -0.15) is 0 Å². The van der Waals surface area contributed by atoms with E-state index < -0.39 is 0 Å². The van der Waals surface area contributed by atoms with E-state index in [1.165, 1.54) is 0 Å². The van der Waals surface area contributed by atoms with Gasteiger partial charge in [-0.3, -0.25) is 0 Å². The van der Waals surface area contributed by atoms with E-state index in [9.17, 15) is 0 Å². The van der Waals surface area contributed by atoms with Crippen LogP contribution in [-0.4, -0.2) is 41.3 Å². The molecule has 0 bridgehead atoms. The van der Waals surface area contributed by atoms with Crippen molar-refractivity contribution >= 4 is 11.6 Å². The minimum Gasteiger partial charge on any atom is -0.395 e. The molecule has 2 N–H and O–H groups in total. The Morgan fingerprint density at radius 1 is 1.24 bits per heavy atom. The second-order valence-electron chi connectivity index (χ2n) is 3.90. The molecule has 5 nitrogen and oxygen atoms in total. The summed E-state index contributed by atoms with van der Waals surface area (Å²) in [6, 6.07) is 0. The molecular formula is C12H22N4O. The van der Waals surface area contributed by atoms with Crippen LogP contribution in [0.5, 0.6) is 0 Å². The molecule has 17 heavy (non-hydrogen) atoms. The maximum Gasteiger partial charge on any atom is 0.137 e. The zero-order valence-electron chi connectivity index (χ0n) is 11.1. The topological polar surface area (TPSA) is 61.3 Å². The summed E-state index contributed by atoms with van der Waals surface area (Å²) in [4.78, 5) is 10.9. The van der Waals surface area contributed by atoms with E-state index in [-0.39, 0.29) is 6.61 Å². The van der Waals surface area contributed by atoms with Crippen molar-refractivity contribution in [3.8, 4) is 0 Å². The van der Waals surface area contributed by atoms with Gasteiger partial charge in [-0.25, -0.2) is 9.97 Å². The van der Waals surface area contributed by atoms with Crippen molar-refractivity contribution in [1.29, 1.82) is 0 Å². The first-order valence-corrected chi connectivity index (χ1v) is 6.08. The molecule has 0 saturated heterocycles. The summed E-state index contributed by atoms with van der Waals surface area (Å²) >= 11 is 0. The lowest BCUT2D eigenvalue weighted by molar-refractivity contribution is 0.302. The molecule has 1 aromatic heterocycles. The first kappa shape index (κ1) is 13.7. The number of aromatic nitrogens is 2. The number of hydrogen-bond acceptors (Lipinski definition) is 5. The van der Waals surface area contributed by atoms with Crippen LogP contribution in [0.3, 0.4) is 0 Å². The SMILES string of the molecule is CCNc1nc(C)nc(N(CC)CCO)c1C. The number of nitrogens with zero attached hydrogens (tertiary/aromatic N) is 3. The van der Waals surface area contributed by atoms with Crippen LogP contribution in [0.15, 0.2) is 0 Å². The molecule has 0 aliphatic rings. The summed E-state index contributed by atoms with van der Waals surface area (Å²) in [5, 5.41) is 12.3. The van der Waals surface area contributed by atoms with Crippen molar-refractivity contribution in [3.05, 3.63) is 11.4 Å². The third-order valence-corrected chi connectivity index (χ3v) is 2.63. The molecular weight excluding hydrogens is 216 g/mol. The second-order valence-corrected chi connectivity index (χ2v) is 3.90. The van der Waals surface area contributed by atoms with Crippen LogP contribution < -0.4 is 10.2 Å². The van der Waals surface area contributed by atoms with Gasteiger partial charge in [0, 0.05) is 25.2 Å². The van der Waals surface area contributed by atoms with Crippen LogP contribution in [0.4, 0.5) is 11.6 Å². The van der Waals surface area contributed by atoms with Crippen molar-refractivity contribution < 1.29 is 5.11 Å². The summed E-state index contributed by atoms with van der Waals surface area (Å²) in [5.74, 6) is 2.54. The lowest BCUT2D eigenvalue weighted by atomic mass is 10.2. The van der Waals surface area contributed by atoms with E-state index in [0.29, 0.717) is 6.54 Å². The fourth-order valence-corrected chi connectivity index (χ4v) is 1.80. The zero-order chi connectivity index (χ0) is 12.8. The maximum absolute atomic E-state index is 9.06. The molecule has 0 aromatic carbocycles. The van der Waals surface area contributed by atoms with E-state index in [1.54, 1.807) is 0 Å². The van der Waals surface area contributed by atoms with Crippen LogP contribution in [0.1, 0.15) is 25.2 Å². The molecule has 0 aliphatic carbocycles. The van der Waals surface area contributed by atoms with Crippen molar-refractivity contribution in [2.24, 2.45) is 0 Å². The van der Waals surface area contributed by atoms with Gasteiger partial charge in [-0.05, 0) is 27.7 Å². The van der Waals surface area contributed by atoms with Gasteiger partial charge in [-0.1, -0.05) is 0 Å². The van der Waals surface area contributed by atoms with Crippen LogP contribution in [0.25, 0.3) is 0 Å². The Bertz CT molecular complexity index is 368. The molecule has 1 aromatic rings. The van der Waals surface area contributed by atoms with E-state index in [0.717, 1.165) is 36.1 Å². The van der Waals surface area contributed by atoms with Crippen molar-refractivity contribution in [3.63, 3.8) is 0 Å². The van der Waals surface area contributed by atoms with Crippen LogP contribution >= 0.6 is 0 Å². The van der Waals surface area contributed by atoms with Gasteiger partial charge in [0.15, 0.2) is 0 Å². The van der Waals surface area contributed by atoms with E-state index in [2.05, 4.69) is 27.1 Å². The van der Waals surface area contributed by atoms with Crippen molar-refractivity contribution in [2.75, 3.05) is 36.5 Å². The highest BCUT2D eigenvalue weighted by Gasteiger charge is 2.13. The van der Waals surface area contributed by atoms with Crippen LogP contribution in [0, 0.1) is 13.8 Å². The number of aliphatic hydroxyl groups is 1. The minimum atomic E-state index is 0.132. The number of anilines is 2. The van der Waals surface area contributed by atoms with Gasteiger partial charge in [0.2, 0.25) is 0 Å². The quantitative estimate of drug-likeness (QED) is 0.783. The molecule has 0 aliphatic heterocycles. The summed E-state index contributed by atoms with van der Waals surface area (Å²) in [6.45, 7) is 10.4. The Morgan fingerprint density at radius 3 is 2.47 bits per heavy atom. The van der Waals surface area contributed by atoms with E-state index in [1.807, 2.05) is 20.8 Å². The van der Waals surface area contributed by atoms with Gasteiger partial charge in [0.05, 0.1) is 6.61 Å². The Morgan fingerprint density at radius 2 is 1.94 bits per heavy atom. The molecule has 0 unspecified atom stereocenters. The number of hydrogen-bond donors (Lipinski definition) is 2.